The van der Waals surface area contributed by atoms with E-state index < -0.39 is 0 Å². The molecule has 1 aliphatic carbocycles. The van der Waals surface area contributed by atoms with Crippen LogP contribution in [0, 0.1) is 5.92 Å². The van der Waals surface area contributed by atoms with Crippen molar-refractivity contribution in [1.82, 2.24) is 5.32 Å². The van der Waals surface area contributed by atoms with Crippen LogP contribution in [0.5, 0.6) is 0 Å². The van der Waals surface area contributed by atoms with E-state index in [1.807, 2.05) is 0 Å². The Hall–Kier alpha value is 0.180. The van der Waals surface area contributed by atoms with Crippen LogP contribution in [0.1, 0.15) is 25.7 Å². The van der Waals surface area contributed by atoms with Crippen molar-refractivity contribution in [1.29, 1.82) is 0 Å². The van der Waals surface area contributed by atoms with Gasteiger partial charge in [0.1, 0.15) is 0 Å². The Labute approximate surface area is 78.7 Å². The van der Waals surface area contributed by atoms with Crippen molar-refractivity contribution in [3.63, 3.8) is 0 Å². The highest BCUT2D eigenvalue weighted by Crippen LogP contribution is 2.28. The fourth-order valence-electron chi connectivity index (χ4n) is 1.70. The second kappa shape index (κ2) is 5.76. The minimum absolute atomic E-state index is 0.213. The van der Waals surface area contributed by atoms with Crippen LogP contribution >= 0.6 is 11.6 Å². The molecular weight excluding hydrogens is 177 g/mol. The van der Waals surface area contributed by atoms with Gasteiger partial charge >= 0.3 is 0 Å². The summed E-state index contributed by atoms with van der Waals surface area (Å²) in [6, 6.07) is 0. The molecule has 2 unspecified atom stereocenters. The molecule has 0 aliphatic heterocycles. The van der Waals surface area contributed by atoms with E-state index in [0.717, 1.165) is 31.8 Å². The lowest BCUT2D eigenvalue weighted by Crippen LogP contribution is -2.22. The smallest absolute Gasteiger partial charge is 0.0906 e. The number of nitrogens with one attached hydrogen (secondary N) is 1. The first-order chi connectivity index (χ1) is 5.83. The topological polar surface area (TPSA) is 12.0 Å². The third kappa shape index (κ3) is 3.72. The highest BCUT2D eigenvalue weighted by Gasteiger charge is 2.21. The third-order valence-electron chi connectivity index (χ3n) is 2.40. The van der Waals surface area contributed by atoms with Gasteiger partial charge in [-0.2, -0.15) is 0 Å². The molecule has 0 saturated heterocycles. The molecule has 0 bridgehead atoms. The van der Waals surface area contributed by atoms with Gasteiger partial charge in [0.2, 0.25) is 0 Å². The van der Waals surface area contributed by atoms with Crippen LogP contribution in [0.3, 0.4) is 0 Å². The third-order valence-corrected chi connectivity index (χ3v) is 2.79. The van der Waals surface area contributed by atoms with E-state index in [9.17, 15) is 4.39 Å². The lowest BCUT2D eigenvalue weighted by atomic mass is 10.1. The van der Waals surface area contributed by atoms with Crippen molar-refractivity contribution in [2.45, 2.75) is 31.1 Å². The largest absolute Gasteiger partial charge is 0.316 e. The maximum Gasteiger partial charge on any atom is 0.0906 e. The zero-order valence-corrected chi connectivity index (χ0v) is 8.12. The van der Waals surface area contributed by atoms with Crippen molar-refractivity contribution >= 4 is 11.6 Å². The molecule has 1 aliphatic rings. The SMILES string of the molecule is FCCCNCC1CCC(Cl)C1. The summed E-state index contributed by atoms with van der Waals surface area (Å²) in [5.74, 6) is 0.729. The van der Waals surface area contributed by atoms with Crippen LogP contribution in [0.2, 0.25) is 0 Å². The Kier molecular flexibility index (Phi) is 4.93. The Morgan fingerprint density at radius 3 is 2.83 bits per heavy atom. The number of hydrogen-bond acceptors (Lipinski definition) is 1. The predicted molar refractivity (Wildman–Crippen MR) is 50.4 cm³/mol. The molecule has 72 valence electrons. The van der Waals surface area contributed by atoms with Crippen molar-refractivity contribution in [2.24, 2.45) is 5.92 Å². The fourth-order valence-corrected chi connectivity index (χ4v) is 2.08. The van der Waals surface area contributed by atoms with E-state index in [-0.39, 0.29) is 6.67 Å². The van der Waals surface area contributed by atoms with E-state index in [2.05, 4.69) is 5.32 Å². The Morgan fingerprint density at radius 1 is 1.42 bits per heavy atom. The summed E-state index contributed by atoms with van der Waals surface area (Å²) in [6.07, 6.45) is 4.15. The van der Waals surface area contributed by atoms with Gasteiger partial charge in [-0.25, -0.2) is 0 Å². The minimum atomic E-state index is -0.213. The van der Waals surface area contributed by atoms with Crippen LogP contribution in [0.25, 0.3) is 0 Å². The zero-order valence-electron chi connectivity index (χ0n) is 7.36. The van der Waals surface area contributed by atoms with Gasteiger partial charge < -0.3 is 5.32 Å². The fraction of sp³-hybridized carbons (Fsp3) is 1.00. The quantitative estimate of drug-likeness (QED) is 0.522. The second-order valence-corrected chi connectivity index (χ2v) is 4.14. The average molecular weight is 194 g/mol. The number of hydrogen-bond donors (Lipinski definition) is 1. The molecule has 1 nitrogen and oxygen atoms in total. The lowest BCUT2D eigenvalue weighted by molar-refractivity contribution is 0.436. The van der Waals surface area contributed by atoms with Crippen molar-refractivity contribution < 1.29 is 4.39 Å². The van der Waals surface area contributed by atoms with E-state index in [1.54, 1.807) is 0 Å². The van der Waals surface area contributed by atoms with Gasteiger partial charge in [-0.15, -0.1) is 11.6 Å². The van der Waals surface area contributed by atoms with Crippen molar-refractivity contribution in [3.8, 4) is 0 Å². The maximum absolute atomic E-state index is 11.7. The van der Waals surface area contributed by atoms with E-state index in [0.29, 0.717) is 11.8 Å². The van der Waals surface area contributed by atoms with Gasteiger partial charge in [-0.3, -0.25) is 4.39 Å². The first-order valence-corrected chi connectivity index (χ1v) is 5.17. The van der Waals surface area contributed by atoms with Gasteiger partial charge in [0.15, 0.2) is 0 Å². The van der Waals surface area contributed by atoms with Gasteiger partial charge in [0, 0.05) is 5.38 Å². The van der Waals surface area contributed by atoms with Crippen LogP contribution in [-0.4, -0.2) is 25.1 Å². The molecule has 2 atom stereocenters. The molecule has 1 saturated carbocycles. The lowest BCUT2D eigenvalue weighted by Gasteiger charge is -2.09. The highest BCUT2D eigenvalue weighted by molar-refractivity contribution is 6.20. The van der Waals surface area contributed by atoms with Crippen LogP contribution < -0.4 is 5.32 Å². The summed E-state index contributed by atoms with van der Waals surface area (Å²) in [7, 11) is 0. The van der Waals surface area contributed by atoms with Gasteiger partial charge in [0.05, 0.1) is 6.67 Å². The molecule has 0 heterocycles. The van der Waals surface area contributed by atoms with Gasteiger partial charge in [0.25, 0.3) is 0 Å². The first kappa shape index (κ1) is 10.3. The summed E-state index contributed by atoms with van der Waals surface area (Å²) in [5, 5.41) is 3.64. The Balaban J connectivity index is 1.93. The maximum atomic E-state index is 11.7. The van der Waals surface area contributed by atoms with Crippen LogP contribution in [0.15, 0.2) is 0 Å². The molecule has 3 heteroatoms. The summed E-state index contributed by atoms with van der Waals surface area (Å²) >= 11 is 5.96. The normalized spacial score (nSPS) is 29.5. The van der Waals surface area contributed by atoms with Crippen molar-refractivity contribution in [3.05, 3.63) is 0 Å². The standard InChI is InChI=1S/C9H17ClFN/c10-9-3-2-8(6-9)7-12-5-1-4-11/h8-9,12H,1-7H2. The molecule has 0 aromatic rings. The molecule has 0 aromatic heterocycles. The molecule has 0 aromatic carbocycles. The summed E-state index contributed by atoms with van der Waals surface area (Å²) in [5.41, 5.74) is 0. The van der Waals surface area contributed by atoms with E-state index in [1.165, 1.54) is 6.42 Å². The molecule has 0 amide bonds. The second-order valence-electron chi connectivity index (χ2n) is 3.52. The highest BCUT2D eigenvalue weighted by atomic mass is 35.5. The predicted octanol–water partition coefficient (Wildman–Crippen LogP) is 2.34. The Morgan fingerprint density at radius 2 is 2.25 bits per heavy atom. The number of rotatable bonds is 5. The summed E-state index contributed by atoms with van der Waals surface area (Å²) in [4.78, 5) is 0. The molecule has 0 spiro atoms. The Bertz CT molecular complexity index is 121. The molecule has 12 heavy (non-hydrogen) atoms. The molecule has 1 fully saturated rings. The minimum Gasteiger partial charge on any atom is -0.316 e. The monoisotopic (exact) mass is 193 g/mol. The van der Waals surface area contributed by atoms with Crippen LogP contribution in [-0.2, 0) is 0 Å². The summed E-state index contributed by atoms with van der Waals surface area (Å²) in [6.45, 7) is 1.61. The van der Waals surface area contributed by atoms with E-state index in [4.69, 9.17) is 11.6 Å². The van der Waals surface area contributed by atoms with E-state index >= 15 is 0 Å². The van der Waals surface area contributed by atoms with Crippen molar-refractivity contribution in [2.75, 3.05) is 19.8 Å². The number of alkyl halides is 2. The van der Waals surface area contributed by atoms with Crippen LogP contribution in [0.4, 0.5) is 4.39 Å². The first-order valence-electron chi connectivity index (χ1n) is 4.73. The number of halogens is 2. The zero-order chi connectivity index (χ0) is 8.81. The molecular formula is C9H17ClFN. The molecule has 0 radical (unpaired) electrons. The molecule has 1 rings (SSSR count). The molecule has 1 N–H and O–H groups in total. The van der Waals surface area contributed by atoms with Gasteiger partial charge in [-0.05, 0) is 44.7 Å². The summed E-state index contributed by atoms with van der Waals surface area (Å²) < 4.78 is 11.7. The average Bonchev–Trinajstić information content (AvgIpc) is 2.45. The van der Waals surface area contributed by atoms with Gasteiger partial charge in [-0.1, -0.05) is 0 Å².